The summed E-state index contributed by atoms with van der Waals surface area (Å²) >= 11 is 11.8. The average Bonchev–Trinajstić information content (AvgIpc) is 2.79. The predicted molar refractivity (Wildman–Crippen MR) is 129 cm³/mol. The van der Waals surface area contributed by atoms with E-state index < -0.39 is 34.2 Å². The van der Waals surface area contributed by atoms with Gasteiger partial charge in [0.15, 0.2) is 0 Å². The smallest absolute Gasteiger partial charge is 0.416 e. The topological polar surface area (TPSA) is 75.7 Å². The van der Waals surface area contributed by atoms with Crippen LogP contribution < -0.4 is 14.4 Å². The van der Waals surface area contributed by atoms with E-state index in [9.17, 15) is 26.4 Å². The quantitative estimate of drug-likeness (QED) is 0.362. The summed E-state index contributed by atoms with van der Waals surface area (Å²) in [6.07, 6.45) is -4.66. The molecule has 0 aliphatic rings. The lowest BCUT2D eigenvalue weighted by Crippen LogP contribution is -2.38. The van der Waals surface area contributed by atoms with Crippen LogP contribution in [-0.2, 0) is 21.0 Å². The molecule has 0 saturated carbocycles. The van der Waals surface area contributed by atoms with Gasteiger partial charge in [0.1, 0.15) is 12.3 Å². The van der Waals surface area contributed by atoms with Crippen LogP contribution in [0.5, 0.6) is 5.75 Å². The van der Waals surface area contributed by atoms with Crippen LogP contribution in [0, 0.1) is 0 Å². The van der Waals surface area contributed by atoms with Crippen molar-refractivity contribution in [2.45, 2.75) is 18.0 Å². The molecule has 1 amide bonds. The van der Waals surface area contributed by atoms with E-state index in [0.717, 1.165) is 16.4 Å². The van der Waals surface area contributed by atoms with E-state index >= 15 is 0 Å². The zero-order chi connectivity index (χ0) is 25.8. The van der Waals surface area contributed by atoms with Gasteiger partial charge >= 0.3 is 6.18 Å². The van der Waals surface area contributed by atoms with Gasteiger partial charge in [0.25, 0.3) is 10.0 Å². The molecule has 3 rings (SSSR count). The van der Waals surface area contributed by atoms with Gasteiger partial charge in [0.2, 0.25) is 5.91 Å². The SMILES string of the molecule is CCOc1ccc(N(CC(=O)Nc2cc(C(F)(F)F)ccc2Cl)S(=O)(=O)c2ccc(Cl)cc2)cc1. The highest BCUT2D eigenvalue weighted by molar-refractivity contribution is 7.92. The molecule has 0 aromatic heterocycles. The molecule has 35 heavy (non-hydrogen) atoms. The van der Waals surface area contributed by atoms with E-state index in [2.05, 4.69) is 5.32 Å². The number of ether oxygens (including phenoxy) is 1. The Hall–Kier alpha value is -2.95. The van der Waals surface area contributed by atoms with Crippen LogP contribution in [0.25, 0.3) is 0 Å². The highest BCUT2D eigenvalue weighted by Crippen LogP contribution is 2.34. The summed E-state index contributed by atoms with van der Waals surface area (Å²) in [6, 6.07) is 13.7. The number of alkyl halides is 3. The molecule has 0 unspecified atom stereocenters. The number of carbonyl (C=O) groups excluding carboxylic acids is 1. The summed E-state index contributed by atoms with van der Waals surface area (Å²) in [4.78, 5) is 12.7. The Balaban J connectivity index is 1.95. The molecule has 0 radical (unpaired) electrons. The third-order valence-electron chi connectivity index (χ3n) is 4.69. The average molecular weight is 547 g/mol. The maximum absolute atomic E-state index is 13.4. The van der Waals surface area contributed by atoms with Gasteiger partial charge in [-0.05, 0) is 73.7 Å². The lowest BCUT2D eigenvalue weighted by Gasteiger charge is -2.24. The number of hydrogen-bond donors (Lipinski definition) is 1. The minimum Gasteiger partial charge on any atom is -0.494 e. The Morgan fingerprint density at radius 2 is 1.63 bits per heavy atom. The molecular weight excluding hydrogens is 528 g/mol. The van der Waals surface area contributed by atoms with E-state index in [1.54, 1.807) is 6.92 Å². The van der Waals surface area contributed by atoms with E-state index in [4.69, 9.17) is 27.9 Å². The van der Waals surface area contributed by atoms with Crippen molar-refractivity contribution in [1.29, 1.82) is 0 Å². The number of benzene rings is 3. The van der Waals surface area contributed by atoms with Gasteiger partial charge in [0, 0.05) is 5.02 Å². The Labute approximate surface area is 210 Å². The second kappa shape index (κ2) is 10.8. The van der Waals surface area contributed by atoms with Crippen LogP contribution in [0.2, 0.25) is 10.0 Å². The molecule has 6 nitrogen and oxygen atoms in total. The summed E-state index contributed by atoms with van der Waals surface area (Å²) in [5.74, 6) is -0.419. The van der Waals surface area contributed by atoms with Crippen molar-refractivity contribution in [3.05, 3.63) is 82.3 Å². The highest BCUT2D eigenvalue weighted by atomic mass is 35.5. The molecular formula is C23H19Cl2F3N2O4S. The normalized spacial score (nSPS) is 11.7. The molecule has 1 N–H and O–H groups in total. The number of nitrogens with zero attached hydrogens (tertiary/aromatic N) is 1. The van der Waals surface area contributed by atoms with Gasteiger partial charge in [-0.25, -0.2) is 8.42 Å². The van der Waals surface area contributed by atoms with Gasteiger partial charge in [-0.2, -0.15) is 13.2 Å². The third-order valence-corrected chi connectivity index (χ3v) is 7.06. The molecule has 0 aliphatic heterocycles. The fraction of sp³-hybridized carbons (Fsp3) is 0.174. The zero-order valence-electron chi connectivity index (χ0n) is 18.1. The minimum atomic E-state index is -4.66. The Morgan fingerprint density at radius 1 is 1.00 bits per heavy atom. The maximum Gasteiger partial charge on any atom is 0.416 e. The first-order chi connectivity index (χ1) is 16.4. The van der Waals surface area contributed by atoms with Crippen LogP contribution in [0.4, 0.5) is 24.5 Å². The lowest BCUT2D eigenvalue weighted by molar-refractivity contribution is -0.137. The number of nitrogens with one attached hydrogen (secondary N) is 1. The number of halogens is 5. The molecule has 0 heterocycles. The first-order valence-corrected chi connectivity index (χ1v) is 12.3. The van der Waals surface area contributed by atoms with Crippen molar-refractivity contribution in [3.8, 4) is 5.75 Å². The largest absolute Gasteiger partial charge is 0.494 e. The number of rotatable bonds is 8. The summed E-state index contributed by atoms with van der Waals surface area (Å²) in [5, 5.41) is 2.44. The second-order valence-electron chi connectivity index (χ2n) is 7.13. The summed E-state index contributed by atoms with van der Waals surface area (Å²) in [7, 11) is -4.26. The van der Waals surface area contributed by atoms with Gasteiger partial charge in [-0.15, -0.1) is 0 Å². The Kier molecular flexibility index (Phi) is 8.19. The van der Waals surface area contributed by atoms with Gasteiger partial charge in [0.05, 0.1) is 33.5 Å². The van der Waals surface area contributed by atoms with Crippen molar-refractivity contribution in [2.24, 2.45) is 0 Å². The lowest BCUT2D eigenvalue weighted by atomic mass is 10.2. The fourth-order valence-electron chi connectivity index (χ4n) is 3.04. The van der Waals surface area contributed by atoms with Gasteiger partial charge in [-0.1, -0.05) is 23.2 Å². The van der Waals surface area contributed by atoms with Crippen LogP contribution in [-0.4, -0.2) is 27.5 Å². The van der Waals surface area contributed by atoms with E-state index in [1.165, 1.54) is 48.5 Å². The molecule has 0 atom stereocenters. The van der Waals surface area contributed by atoms with Gasteiger partial charge < -0.3 is 10.1 Å². The van der Waals surface area contributed by atoms with Crippen LogP contribution in [0.3, 0.4) is 0 Å². The van der Waals surface area contributed by atoms with E-state index in [1.807, 2.05) is 0 Å². The van der Waals surface area contributed by atoms with Crippen molar-refractivity contribution in [1.82, 2.24) is 0 Å². The zero-order valence-corrected chi connectivity index (χ0v) is 20.5. The molecule has 0 aliphatic carbocycles. The third kappa shape index (κ3) is 6.59. The molecule has 12 heteroatoms. The monoisotopic (exact) mass is 546 g/mol. The van der Waals surface area contributed by atoms with E-state index in [-0.39, 0.29) is 21.3 Å². The molecule has 0 spiro atoms. The molecule has 3 aromatic carbocycles. The molecule has 0 bridgehead atoms. The number of amides is 1. The number of carbonyl (C=O) groups is 1. The maximum atomic E-state index is 13.4. The van der Waals surface area contributed by atoms with Crippen molar-refractivity contribution < 1.29 is 31.1 Å². The van der Waals surface area contributed by atoms with Crippen LogP contribution >= 0.6 is 23.2 Å². The van der Waals surface area contributed by atoms with Crippen molar-refractivity contribution in [3.63, 3.8) is 0 Å². The highest BCUT2D eigenvalue weighted by Gasteiger charge is 2.32. The predicted octanol–water partition coefficient (Wildman–Crippen LogP) is 6.24. The van der Waals surface area contributed by atoms with Crippen molar-refractivity contribution >= 4 is 50.5 Å². The standard InChI is InChI=1S/C23H19Cl2F3N2O4S/c1-2-34-18-8-6-17(7-9-18)30(35(32,33)19-10-4-16(24)5-11-19)14-22(31)29-21-13-15(23(26,27)28)3-12-20(21)25/h3-13H,2,14H2,1H3,(H,29,31). The molecule has 0 saturated heterocycles. The van der Waals surface area contributed by atoms with Gasteiger partial charge in [-0.3, -0.25) is 9.10 Å². The first-order valence-electron chi connectivity index (χ1n) is 10.1. The van der Waals surface area contributed by atoms with E-state index in [0.29, 0.717) is 23.4 Å². The minimum absolute atomic E-state index is 0.133. The first kappa shape index (κ1) is 26.7. The van der Waals surface area contributed by atoms with Crippen LogP contribution in [0.1, 0.15) is 12.5 Å². The Morgan fingerprint density at radius 3 is 2.20 bits per heavy atom. The summed E-state index contributed by atoms with van der Waals surface area (Å²) in [6.45, 7) is 1.44. The molecule has 186 valence electrons. The van der Waals surface area contributed by atoms with Crippen LogP contribution in [0.15, 0.2) is 71.6 Å². The molecule has 0 fully saturated rings. The fourth-order valence-corrected chi connectivity index (χ4v) is 4.75. The number of anilines is 2. The Bertz CT molecular complexity index is 1300. The summed E-state index contributed by atoms with van der Waals surface area (Å²) < 4.78 is 72.2. The second-order valence-corrected chi connectivity index (χ2v) is 9.84. The molecule has 3 aromatic rings. The van der Waals surface area contributed by atoms with Crippen molar-refractivity contribution in [2.75, 3.05) is 22.8 Å². The number of hydrogen-bond acceptors (Lipinski definition) is 4. The summed E-state index contributed by atoms with van der Waals surface area (Å²) in [5.41, 5.74) is -1.19. The number of sulfonamides is 1.